The van der Waals surface area contributed by atoms with Gasteiger partial charge in [-0.1, -0.05) is 20.3 Å². The maximum absolute atomic E-state index is 3.67. The summed E-state index contributed by atoms with van der Waals surface area (Å²) in [6, 6.07) is 1.62. The quantitative estimate of drug-likeness (QED) is 0.768. The molecule has 15 heavy (non-hydrogen) atoms. The van der Waals surface area contributed by atoms with Crippen molar-refractivity contribution in [2.24, 2.45) is 5.92 Å². The summed E-state index contributed by atoms with van der Waals surface area (Å²) in [5.74, 6) is 0.918. The largest absolute Gasteiger partial charge is 0.313 e. The Labute approximate surface area is 94.4 Å². The third-order valence-corrected chi connectivity index (χ3v) is 4.10. The first kappa shape index (κ1) is 11.4. The first-order chi connectivity index (χ1) is 7.31. The number of hydrogen-bond acceptors (Lipinski definition) is 2. The van der Waals surface area contributed by atoms with E-state index in [0.29, 0.717) is 0 Å². The normalized spacial score (nSPS) is 38.4. The molecule has 1 aliphatic carbocycles. The lowest BCUT2D eigenvalue weighted by Gasteiger charge is -2.38. The van der Waals surface area contributed by atoms with Gasteiger partial charge in [0.25, 0.3) is 0 Å². The standard InChI is InChI=1S/C13H26N2/c1-3-14-12-7-4-8-13(12)15-9-5-6-11(2)10-15/h11-14H,3-10H2,1-2H3. The Kier molecular flexibility index (Phi) is 4.04. The van der Waals surface area contributed by atoms with Gasteiger partial charge in [0.05, 0.1) is 0 Å². The lowest BCUT2D eigenvalue weighted by atomic mass is 9.97. The molecule has 88 valence electrons. The Morgan fingerprint density at radius 3 is 2.80 bits per heavy atom. The lowest BCUT2D eigenvalue weighted by molar-refractivity contribution is 0.115. The average Bonchev–Trinajstić information content (AvgIpc) is 2.66. The Morgan fingerprint density at radius 2 is 2.07 bits per heavy atom. The molecule has 0 aromatic heterocycles. The number of piperidine rings is 1. The van der Waals surface area contributed by atoms with E-state index < -0.39 is 0 Å². The van der Waals surface area contributed by atoms with Gasteiger partial charge in [-0.2, -0.15) is 0 Å². The molecule has 2 heteroatoms. The Morgan fingerprint density at radius 1 is 1.20 bits per heavy atom. The van der Waals surface area contributed by atoms with Crippen LogP contribution in [0.1, 0.15) is 46.0 Å². The summed E-state index contributed by atoms with van der Waals surface area (Å²) in [4.78, 5) is 2.76. The van der Waals surface area contributed by atoms with Gasteiger partial charge in [0.15, 0.2) is 0 Å². The molecule has 2 aliphatic rings. The molecule has 1 saturated heterocycles. The van der Waals surface area contributed by atoms with E-state index in [9.17, 15) is 0 Å². The highest BCUT2D eigenvalue weighted by atomic mass is 15.2. The Bertz CT molecular complexity index is 193. The van der Waals surface area contributed by atoms with Crippen molar-refractivity contribution < 1.29 is 0 Å². The van der Waals surface area contributed by atoms with Gasteiger partial charge in [0, 0.05) is 18.6 Å². The molecule has 0 amide bonds. The van der Waals surface area contributed by atoms with Crippen LogP contribution in [0.25, 0.3) is 0 Å². The predicted octanol–water partition coefficient (Wildman–Crippen LogP) is 2.25. The molecule has 0 spiro atoms. The Balaban J connectivity index is 1.90. The van der Waals surface area contributed by atoms with Gasteiger partial charge in [-0.25, -0.2) is 0 Å². The van der Waals surface area contributed by atoms with Crippen molar-refractivity contribution in [1.29, 1.82) is 0 Å². The monoisotopic (exact) mass is 210 g/mol. The van der Waals surface area contributed by atoms with Crippen LogP contribution in [0.4, 0.5) is 0 Å². The SMILES string of the molecule is CCNC1CCCC1N1CCCC(C)C1. The first-order valence-corrected chi connectivity index (χ1v) is 6.78. The fraction of sp³-hybridized carbons (Fsp3) is 1.00. The molecule has 2 nitrogen and oxygen atoms in total. The van der Waals surface area contributed by atoms with Gasteiger partial charge in [0.2, 0.25) is 0 Å². The van der Waals surface area contributed by atoms with Crippen molar-refractivity contribution in [2.75, 3.05) is 19.6 Å². The zero-order chi connectivity index (χ0) is 10.7. The molecular weight excluding hydrogens is 184 g/mol. The molecule has 1 aliphatic heterocycles. The molecule has 0 radical (unpaired) electrons. The van der Waals surface area contributed by atoms with Crippen molar-refractivity contribution >= 4 is 0 Å². The molecule has 1 heterocycles. The maximum Gasteiger partial charge on any atom is 0.0249 e. The number of likely N-dealkylation sites (tertiary alicyclic amines) is 1. The summed E-state index contributed by atoms with van der Waals surface area (Å²) in [5, 5.41) is 3.67. The number of likely N-dealkylation sites (N-methyl/N-ethyl adjacent to an activating group) is 1. The van der Waals surface area contributed by atoms with Crippen LogP contribution in [0.5, 0.6) is 0 Å². The summed E-state index contributed by atoms with van der Waals surface area (Å²) in [6.45, 7) is 8.45. The van der Waals surface area contributed by atoms with Crippen molar-refractivity contribution in [3.8, 4) is 0 Å². The maximum atomic E-state index is 3.67. The topological polar surface area (TPSA) is 15.3 Å². The van der Waals surface area contributed by atoms with Crippen molar-refractivity contribution in [3.63, 3.8) is 0 Å². The zero-order valence-corrected chi connectivity index (χ0v) is 10.3. The molecule has 1 saturated carbocycles. The van der Waals surface area contributed by atoms with Gasteiger partial charge in [-0.05, 0) is 44.7 Å². The van der Waals surface area contributed by atoms with E-state index in [4.69, 9.17) is 0 Å². The summed E-state index contributed by atoms with van der Waals surface area (Å²) in [6.07, 6.45) is 7.09. The van der Waals surface area contributed by atoms with Gasteiger partial charge >= 0.3 is 0 Å². The number of rotatable bonds is 3. The van der Waals surface area contributed by atoms with Gasteiger partial charge in [-0.15, -0.1) is 0 Å². The van der Waals surface area contributed by atoms with Crippen LogP contribution < -0.4 is 5.32 Å². The summed E-state index contributed by atoms with van der Waals surface area (Å²) in [5.41, 5.74) is 0. The van der Waals surface area contributed by atoms with Crippen LogP contribution in [0.3, 0.4) is 0 Å². The van der Waals surface area contributed by atoms with Crippen LogP contribution in [-0.2, 0) is 0 Å². The number of hydrogen-bond donors (Lipinski definition) is 1. The van der Waals surface area contributed by atoms with Crippen LogP contribution >= 0.6 is 0 Å². The fourth-order valence-electron chi connectivity index (χ4n) is 3.40. The Hall–Kier alpha value is -0.0800. The first-order valence-electron chi connectivity index (χ1n) is 6.78. The molecule has 0 aromatic carbocycles. The molecule has 1 N–H and O–H groups in total. The highest BCUT2D eigenvalue weighted by Crippen LogP contribution is 2.28. The predicted molar refractivity (Wildman–Crippen MR) is 65.1 cm³/mol. The molecular formula is C13H26N2. The molecule has 2 rings (SSSR count). The molecule has 0 aromatic rings. The fourth-order valence-corrected chi connectivity index (χ4v) is 3.40. The summed E-state index contributed by atoms with van der Waals surface area (Å²) >= 11 is 0. The van der Waals surface area contributed by atoms with Crippen molar-refractivity contribution in [1.82, 2.24) is 10.2 Å². The minimum absolute atomic E-state index is 0.778. The van der Waals surface area contributed by atoms with E-state index in [-0.39, 0.29) is 0 Å². The van der Waals surface area contributed by atoms with Crippen LogP contribution in [0.15, 0.2) is 0 Å². The van der Waals surface area contributed by atoms with Gasteiger partial charge in [0.1, 0.15) is 0 Å². The third-order valence-electron chi connectivity index (χ3n) is 4.10. The zero-order valence-electron chi connectivity index (χ0n) is 10.3. The van der Waals surface area contributed by atoms with E-state index in [1.807, 2.05) is 0 Å². The lowest BCUT2D eigenvalue weighted by Crippen LogP contribution is -2.50. The van der Waals surface area contributed by atoms with Crippen LogP contribution in [0.2, 0.25) is 0 Å². The molecule has 0 bridgehead atoms. The van der Waals surface area contributed by atoms with E-state index in [2.05, 4.69) is 24.1 Å². The smallest absolute Gasteiger partial charge is 0.0249 e. The summed E-state index contributed by atoms with van der Waals surface area (Å²) in [7, 11) is 0. The highest BCUT2D eigenvalue weighted by Gasteiger charge is 2.33. The van der Waals surface area contributed by atoms with E-state index in [0.717, 1.165) is 24.5 Å². The number of nitrogens with one attached hydrogen (secondary N) is 1. The van der Waals surface area contributed by atoms with E-state index in [1.54, 1.807) is 0 Å². The average molecular weight is 210 g/mol. The molecule has 3 atom stereocenters. The van der Waals surface area contributed by atoms with Gasteiger partial charge < -0.3 is 5.32 Å². The van der Waals surface area contributed by atoms with E-state index >= 15 is 0 Å². The van der Waals surface area contributed by atoms with Crippen LogP contribution in [0, 0.1) is 5.92 Å². The molecule has 2 fully saturated rings. The highest BCUT2D eigenvalue weighted by molar-refractivity contribution is 4.91. The second kappa shape index (κ2) is 5.31. The third kappa shape index (κ3) is 2.73. The van der Waals surface area contributed by atoms with E-state index in [1.165, 1.54) is 45.2 Å². The number of nitrogens with zero attached hydrogens (tertiary/aromatic N) is 1. The second-order valence-corrected chi connectivity index (χ2v) is 5.40. The van der Waals surface area contributed by atoms with Gasteiger partial charge in [-0.3, -0.25) is 4.90 Å². The molecule has 3 unspecified atom stereocenters. The van der Waals surface area contributed by atoms with Crippen molar-refractivity contribution in [3.05, 3.63) is 0 Å². The van der Waals surface area contributed by atoms with Crippen LogP contribution in [-0.4, -0.2) is 36.6 Å². The summed E-state index contributed by atoms with van der Waals surface area (Å²) < 4.78 is 0. The second-order valence-electron chi connectivity index (χ2n) is 5.40. The minimum atomic E-state index is 0.778. The minimum Gasteiger partial charge on any atom is -0.313 e. The van der Waals surface area contributed by atoms with Crippen molar-refractivity contribution in [2.45, 2.75) is 58.0 Å².